The summed E-state index contributed by atoms with van der Waals surface area (Å²) in [6, 6.07) is 0. The number of rotatable bonds is 3. The third-order valence-corrected chi connectivity index (χ3v) is 5.09. The lowest BCUT2D eigenvalue weighted by molar-refractivity contribution is -0.444. The first-order valence-corrected chi connectivity index (χ1v) is 8.37. The summed E-state index contributed by atoms with van der Waals surface area (Å²) in [4.78, 5) is 26.1. The Labute approximate surface area is 143 Å². The van der Waals surface area contributed by atoms with Gasteiger partial charge in [-0.25, -0.2) is 4.79 Å². The van der Waals surface area contributed by atoms with Crippen LogP contribution < -0.4 is 11.2 Å². The first-order valence-electron chi connectivity index (χ1n) is 8.37. The van der Waals surface area contributed by atoms with Crippen molar-refractivity contribution in [1.82, 2.24) is 9.55 Å². The van der Waals surface area contributed by atoms with Crippen molar-refractivity contribution in [2.75, 3.05) is 0 Å². The van der Waals surface area contributed by atoms with Gasteiger partial charge in [0.05, 0.1) is 5.41 Å². The third-order valence-electron chi connectivity index (χ3n) is 5.09. The highest BCUT2D eigenvalue weighted by Crippen LogP contribution is 2.52. The Kier molecular flexibility index (Phi) is 3.89. The lowest BCUT2D eigenvalue weighted by Crippen LogP contribution is -2.59. The Balaban J connectivity index is 1.64. The lowest BCUT2D eigenvalue weighted by atomic mass is 9.80. The van der Waals surface area contributed by atoms with Crippen molar-refractivity contribution in [2.24, 2.45) is 5.41 Å². The van der Waals surface area contributed by atoms with E-state index in [0.717, 1.165) is 0 Å². The van der Waals surface area contributed by atoms with Gasteiger partial charge in [0.15, 0.2) is 25.2 Å². The highest BCUT2D eigenvalue weighted by Gasteiger charge is 2.60. The van der Waals surface area contributed by atoms with Crippen LogP contribution in [0.3, 0.4) is 0 Å². The molecule has 3 aliphatic heterocycles. The lowest BCUT2D eigenvalue weighted by Gasteiger charge is -2.49. The first kappa shape index (κ1) is 16.9. The molecule has 9 nitrogen and oxygen atoms in total. The van der Waals surface area contributed by atoms with E-state index in [1.807, 2.05) is 13.8 Å². The van der Waals surface area contributed by atoms with Gasteiger partial charge in [0.25, 0.3) is 5.56 Å². The van der Waals surface area contributed by atoms with Crippen LogP contribution >= 0.6 is 0 Å². The summed E-state index contributed by atoms with van der Waals surface area (Å²) in [5.74, 6) is 0. The minimum absolute atomic E-state index is 0.276. The summed E-state index contributed by atoms with van der Waals surface area (Å²) in [6.07, 6.45) is -0.677. The van der Waals surface area contributed by atoms with E-state index in [0.29, 0.717) is 12.0 Å². The molecule has 138 valence electrons. The van der Waals surface area contributed by atoms with Crippen LogP contribution in [0.2, 0.25) is 0 Å². The molecular formula is C16H22N2O7. The van der Waals surface area contributed by atoms with Gasteiger partial charge in [-0.1, -0.05) is 6.92 Å². The number of nitrogens with zero attached hydrogens (tertiary/aromatic N) is 1. The van der Waals surface area contributed by atoms with Crippen molar-refractivity contribution in [3.63, 3.8) is 0 Å². The molecule has 4 heterocycles. The van der Waals surface area contributed by atoms with E-state index in [1.54, 1.807) is 13.8 Å². The SMILES string of the molecule is Cc1cn([C@@H]2CC(C)(C3OC(C)O3)[C@H](C3OC(C)O3)O2)c(=O)[nH]c1=O. The van der Waals surface area contributed by atoms with Crippen LogP contribution in [0.1, 0.15) is 39.0 Å². The maximum absolute atomic E-state index is 12.2. The van der Waals surface area contributed by atoms with E-state index in [2.05, 4.69) is 4.98 Å². The Hall–Kier alpha value is -1.52. The van der Waals surface area contributed by atoms with Crippen molar-refractivity contribution >= 4 is 0 Å². The van der Waals surface area contributed by atoms with Crippen LogP contribution in [0.4, 0.5) is 0 Å². The van der Waals surface area contributed by atoms with Gasteiger partial charge in [-0.3, -0.25) is 14.3 Å². The molecule has 0 saturated carbocycles. The molecule has 9 heteroatoms. The topological polar surface area (TPSA) is 101 Å². The molecule has 3 atom stereocenters. The van der Waals surface area contributed by atoms with E-state index in [-0.39, 0.29) is 12.6 Å². The van der Waals surface area contributed by atoms with Crippen LogP contribution in [-0.2, 0) is 23.7 Å². The fraction of sp³-hybridized carbons (Fsp3) is 0.750. The van der Waals surface area contributed by atoms with E-state index in [9.17, 15) is 9.59 Å². The summed E-state index contributed by atoms with van der Waals surface area (Å²) < 4.78 is 30.1. The normalized spacial score (nSPS) is 43.5. The van der Waals surface area contributed by atoms with Crippen molar-refractivity contribution in [3.05, 3.63) is 32.6 Å². The van der Waals surface area contributed by atoms with Crippen molar-refractivity contribution in [1.29, 1.82) is 0 Å². The Bertz CT molecular complexity index is 777. The van der Waals surface area contributed by atoms with Crippen LogP contribution in [0.15, 0.2) is 15.8 Å². The van der Waals surface area contributed by atoms with Crippen LogP contribution in [0, 0.1) is 12.3 Å². The second kappa shape index (κ2) is 5.75. The Morgan fingerprint density at radius 3 is 2.36 bits per heavy atom. The predicted molar refractivity (Wildman–Crippen MR) is 83.5 cm³/mol. The molecule has 0 bridgehead atoms. The molecule has 1 aromatic rings. The largest absolute Gasteiger partial charge is 0.349 e. The van der Waals surface area contributed by atoms with Gasteiger partial charge in [0.1, 0.15) is 12.3 Å². The standard InChI is InChI=1S/C16H22N2O7/c1-7-6-18(15(20)17-12(7)19)10-5-16(4,14-23-9(3)24-14)11(25-10)13-21-8(2)22-13/h6,8-11,13-14H,5H2,1-4H3,(H,17,19,20)/t8?,9?,10-,11-,13?,14?,16?/m0/s1. The smallest absolute Gasteiger partial charge is 0.330 e. The summed E-state index contributed by atoms with van der Waals surface area (Å²) in [5.41, 5.74) is -1.05. The van der Waals surface area contributed by atoms with E-state index in [1.165, 1.54) is 10.8 Å². The summed E-state index contributed by atoms with van der Waals surface area (Å²) in [7, 11) is 0. The average Bonchev–Trinajstić information content (AvgIpc) is 2.82. The fourth-order valence-corrected chi connectivity index (χ4v) is 3.63. The van der Waals surface area contributed by atoms with Gasteiger partial charge in [-0.15, -0.1) is 0 Å². The number of H-pyrrole nitrogens is 1. The molecule has 1 aromatic heterocycles. The third kappa shape index (κ3) is 2.67. The van der Waals surface area contributed by atoms with Gasteiger partial charge in [0.2, 0.25) is 0 Å². The molecule has 4 rings (SSSR count). The van der Waals surface area contributed by atoms with Crippen LogP contribution in [-0.4, -0.2) is 40.8 Å². The minimum atomic E-state index is -0.579. The van der Waals surface area contributed by atoms with Crippen molar-refractivity contribution in [2.45, 2.75) is 71.6 Å². The van der Waals surface area contributed by atoms with Gasteiger partial charge in [0, 0.05) is 18.2 Å². The molecule has 1 unspecified atom stereocenters. The maximum Gasteiger partial charge on any atom is 0.330 e. The van der Waals surface area contributed by atoms with Gasteiger partial charge >= 0.3 is 5.69 Å². The zero-order valence-electron chi connectivity index (χ0n) is 14.6. The van der Waals surface area contributed by atoms with Gasteiger partial charge < -0.3 is 23.7 Å². The molecule has 0 radical (unpaired) electrons. The fourth-order valence-electron chi connectivity index (χ4n) is 3.63. The van der Waals surface area contributed by atoms with E-state index in [4.69, 9.17) is 23.7 Å². The average molecular weight is 354 g/mol. The van der Waals surface area contributed by atoms with Gasteiger partial charge in [-0.2, -0.15) is 0 Å². The highest BCUT2D eigenvalue weighted by molar-refractivity contribution is 5.04. The number of aromatic nitrogens is 2. The van der Waals surface area contributed by atoms with Crippen molar-refractivity contribution in [3.8, 4) is 0 Å². The number of hydrogen-bond acceptors (Lipinski definition) is 7. The number of ether oxygens (including phenoxy) is 5. The summed E-state index contributed by atoms with van der Waals surface area (Å²) in [5, 5.41) is 0. The molecule has 0 spiro atoms. The number of aryl methyl sites for hydroxylation is 1. The van der Waals surface area contributed by atoms with Crippen LogP contribution in [0.5, 0.6) is 0 Å². The molecule has 25 heavy (non-hydrogen) atoms. The highest BCUT2D eigenvalue weighted by atomic mass is 16.9. The molecule has 3 aliphatic rings. The zero-order chi connectivity index (χ0) is 17.9. The first-order chi connectivity index (χ1) is 11.8. The van der Waals surface area contributed by atoms with E-state index >= 15 is 0 Å². The zero-order valence-corrected chi connectivity index (χ0v) is 14.6. The molecule has 3 fully saturated rings. The maximum atomic E-state index is 12.2. The Morgan fingerprint density at radius 1 is 1.12 bits per heavy atom. The Morgan fingerprint density at radius 2 is 1.76 bits per heavy atom. The molecular weight excluding hydrogens is 332 g/mol. The van der Waals surface area contributed by atoms with Gasteiger partial charge in [-0.05, 0) is 20.8 Å². The second-order valence-corrected chi connectivity index (χ2v) is 7.08. The molecule has 1 N–H and O–H groups in total. The number of hydrogen-bond donors (Lipinski definition) is 1. The molecule has 3 saturated heterocycles. The predicted octanol–water partition coefficient (Wildman–Crippen LogP) is 0.577. The number of aromatic amines is 1. The van der Waals surface area contributed by atoms with Crippen LogP contribution in [0.25, 0.3) is 0 Å². The quantitative estimate of drug-likeness (QED) is 0.847. The minimum Gasteiger partial charge on any atom is -0.349 e. The summed E-state index contributed by atoms with van der Waals surface area (Å²) in [6.45, 7) is 7.22. The molecule has 0 aromatic carbocycles. The summed E-state index contributed by atoms with van der Waals surface area (Å²) >= 11 is 0. The second-order valence-electron chi connectivity index (χ2n) is 7.08. The molecule has 0 amide bonds. The molecule has 0 aliphatic carbocycles. The monoisotopic (exact) mass is 354 g/mol. The van der Waals surface area contributed by atoms with Crippen molar-refractivity contribution < 1.29 is 23.7 Å². The number of nitrogens with one attached hydrogen (secondary N) is 1. The van der Waals surface area contributed by atoms with E-state index < -0.39 is 41.6 Å².